The second-order valence-electron chi connectivity index (χ2n) is 3.63. The molecule has 0 amide bonds. The van der Waals surface area contributed by atoms with Gasteiger partial charge in [0.15, 0.2) is 5.78 Å². The molecule has 0 unspecified atom stereocenters. The molecule has 76 valence electrons. The van der Waals surface area contributed by atoms with Crippen molar-refractivity contribution in [1.29, 1.82) is 0 Å². The number of nitrogens with zero attached hydrogens (tertiary/aromatic N) is 1. The minimum absolute atomic E-state index is 0.0168. The van der Waals surface area contributed by atoms with E-state index in [2.05, 4.69) is 18.8 Å². The Labute approximate surface area is 84.1 Å². The molecular weight excluding hydrogens is 178 g/mol. The zero-order chi connectivity index (χ0) is 10.6. The predicted molar refractivity (Wildman–Crippen MR) is 54.6 cm³/mol. The lowest BCUT2D eigenvalue weighted by molar-refractivity contribution is 0.101. The van der Waals surface area contributed by atoms with E-state index < -0.39 is 0 Å². The molecule has 0 spiro atoms. The number of hydrogen-bond acceptors (Lipinski definition) is 3. The lowest BCUT2D eigenvalue weighted by atomic mass is 10.2. The number of carbonyl (C=O) groups excluding carboxylic acids is 1. The highest BCUT2D eigenvalue weighted by molar-refractivity contribution is 5.96. The summed E-state index contributed by atoms with van der Waals surface area (Å²) in [5.74, 6) is 1.06. The van der Waals surface area contributed by atoms with Gasteiger partial charge in [-0.25, -0.2) is 0 Å². The molecule has 3 heteroatoms. The number of carbonyl (C=O) groups is 1. The Morgan fingerprint density at radius 2 is 2.29 bits per heavy atom. The Bertz CT molecular complexity index is 321. The molecule has 0 atom stereocenters. The smallest absolute Gasteiger partial charge is 0.165 e. The Hall–Kier alpha value is -1.38. The molecule has 0 aliphatic carbocycles. The number of hydrogen-bond donors (Lipinski definition) is 0. The van der Waals surface area contributed by atoms with Crippen molar-refractivity contribution >= 4 is 5.78 Å². The molecule has 0 radical (unpaired) electrons. The number of ether oxygens (including phenoxy) is 1. The molecule has 14 heavy (non-hydrogen) atoms. The van der Waals surface area contributed by atoms with E-state index in [4.69, 9.17) is 4.74 Å². The summed E-state index contributed by atoms with van der Waals surface area (Å²) < 4.78 is 5.50. The molecule has 3 nitrogen and oxygen atoms in total. The fourth-order valence-corrected chi connectivity index (χ4v) is 1.03. The van der Waals surface area contributed by atoms with Gasteiger partial charge in [0.1, 0.15) is 5.75 Å². The van der Waals surface area contributed by atoms with Crippen LogP contribution in [0.2, 0.25) is 0 Å². The van der Waals surface area contributed by atoms with Crippen LogP contribution in [0.25, 0.3) is 0 Å². The quantitative estimate of drug-likeness (QED) is 0.689. The molecule has 0 fully saturated rings. The topological polar surface area (TPSA) is 39.2 Å². The first-order chi connectivity index (χ1) is 6.61. The molecule has 0 saturated carbocycles. The van der Waals surface area contributed by atoms with Crippen molar-refractivity contribution in [3.8, 4) is 5.75 Å². The van der Waals surface area contributed by atoms with Gasteiger partial charge in [-0.05, 0) is 18.9 Å². The average Bonchev–Trinajstić information content (AvgIpc) is 2.15. The Balaban J connectivity index is 2.79. The second kappa shape index (κ2) is 4.74. The van der Waals surface area contributed by atoms with Crippen molar-refractivity contribution in [2.24, 2.45) is 5.92 Å². The van der Waals surface area contributed by atoms with Crippen LogP contribution in [-0.4, -0.2) is 17.4 Å². The summed E-state index contributed by atoms with van der Waals surface area (Å²) in [6.45, 7) is 6.26. The molecule has 1 aromatic rings. The van der Waals surface area contributed by atoms with E-state index in [-0.39, 0.29) is 5.78 Å². The summed E-state index contributed by atoms with van der Waals surface area (Å²) in [5.41, 5.74) is 0.549. The largest absolute Gasteiger partial charge is 0.492 e. The van der Waals surface area contributed by atoms with Gasteiger partial charge in [-0.1, -0.05) is 13.8 Å². The van der Waals surface area contributed by atoms with Gasteiger partial charge in [0, 0.05) is 12.4 Å². The summed E-state index contributed by atoms with van der Waals surface area (Å²) >= 11 is 0. The molecule has 0 aliphatic rings. The number of pyridine rings is 1. The average molecular weight is 193 g/mol. The van der Waals surface area contributed by atoms with Gasteiger partial charge in [-0.15, -0.1) is 0 Å². The molecule has 1 rings (SSSR count). The monoisotopic (exact) mass is 193 g/mol. The maximum Gasteiger partial charge on any atom is 0.165 e. The van der Waals surface area contributed by atoms with E-state index in [1.807, 2.05) is 0 Å². The first kappa shape index (κ1) is 10.7. The Morgan fingerprint density at radius 3 is 2.86 bits per heavy atom. The van der Waals surface area contributed by atoms with Crippen LogP contribution >= 0.6 is 0 Å². The summed E-state index contributed by atoms with van der Waals surface area (Å²) in [6.07, 6.45) is 3.17. The molecule has 0 aromatic carbocycles. The lowest BCUT2D eigenvalue weighted by Gasteiger charge is -2.10. The van der Waals surface area contributed by atoms with Crippen LogP contribution in [0.5, 0.6) is 5.75 Å². The van der Waals surface area contributed by atoms with E-state index in [0.29, 0.717) is 23.8 Å². The first-order valence-electron chi connectivity index (χ1n) is 4.69. The number of aromatic nitrogens is 1. The fraction of sp³-hybridized carbons (Fsp3) is 0.455. The maximum atomic E-state index is 11.2. The zero-order valence-corrected chi connectivity index (χ0v) is 8.78. The molecular formula is C11H15NO2. The van der Waals surface area contributed by atoms with Crippen LogP contribution in [0.4, 0.5) is 0 Å². The minimum Gasteiger partial charge on any atom is -0.492 e. The zero-order valence-electron chi connectivity index (χ0n) is 8.78. The van der Waals surface area contributed by atoms with Crippen LogP contribution in [0.1, 0.15) is 31.1 Å². The number of Topliss-reactive ketones (excluding diaryl/α,β-unsaturated/α-hetero) is 1. The summed E-state index contributed by atoms with van der Waals surface area (Å²) in [4.78, 5) is 15.1. The van der Waals surface area contributed by atoms with Gasteiger partial charge in [0.25, 0.3) is 0 Å². The van der Waals surface area contributed by atoms with Crippen molar-refractivity contribution in [1.82, 2.24) is 4.98 Å². The van der Waals surface area contributed by atoms with Crippen molar-refractivity contribution in [3.63, 3.8) is 0 Å². The van der Waals surface area contributed by atoms with Crippen molar-refractivity contribution in [2.45, 2.75) is 20.8 Å². The fourth-order valence-electron chi connectivity index (χ4n) is 1.03. The highest BCUT2D eigenvalue weighted by Crippen LogP contribution is 2.17. The third kappa shape index (κ3) is 2.83. The molecule has 0 aliphatic heterocycles. The summed E-state index contributed by atoms with van der Waals surface area (Å²) in [6, 6.07) is 1.72. The SMILES string of the molecule is CC(=O)c1cnccc1OCC(C)C. The molecule has 0 N–H and O–H groups in total. The predicted octanol–water partition coefficient (Wildman–Crippen LogP) is 2.32. The third-order valence-corrected chi connectivity index (χ3v) is 1.73. The van der Waals surface area contributed by atoms with E-state index >= 15 is 0 Å². The first-order valence-corrected chi connectivity index (χ1v) is 4.69. The van der Waals surface area contributed by atoms with Crippen LogP contribution in [-0.2, 0) is 0 Å². The number of ketones is 1. The van der Waals surface area contributed by atoms with Gasteiger partial charge in [0.05, 0.1) is 12.2 Å². The second-order valence-corrected chi connectivity index (χ2v) is 3.63. The van der Waals surface area contributed by atoms with Crippen LogP contribution in [0, 0.1) is 5.92 Å². The van der Waals surface area contributed by atoms with E-state index in [1.165, 1.54) is 13.1 Å². The van der Waals surface area contributed by atoms with Crippen molar-refractivity contribution < 1.29 is 9.53 Å². The lowest BCUT2D eigenvalue weighted by Crippen LogP contribution is -2.07. The van der Waals surface area contributed by atoms with Gasteiger partial charge >= 0.3 is 0 Å². The molecule has 0 bridgehead atoms. The van der Waals surface area contributed by atoms with Crippen molar-refractivity contribution in [2.75, 3.05) is 6.61 Å². The molecule has 0 saturated heterocycles. The highest BCUT2D eigenvalue weighted by Gasteiger charge is 2.08. The van der Waals surface area contributed by atoms with Crippen LogP contribution in [0.15, 0.2) is 18.5 Å². The van der Waals surface area contributed by atoms with E-state index in [0.717, 1.165) is 0 Å². The van der Waals surface area contributed by atoms with Gasteiger partial charge < -0.3 is 4.74 Å². The summed E-state index contributed by atoms with van der Waals surface area (Å²) in [5, 5.41) is 0. The Morgan fingerprint density at radius 1 is 1.57 bits per heavy atom. The molecule has 1 aromatic heterocycles. The van der Waals surface area contributed by atoms with Gasteiger partial charge in [0.2, 0.25) is 0 Å². The molecule has 1 heterocycles. The third-order valence-electron chi connectivity index (χ3n) is 1.73. The highest BCUT2D eigenvalue weighted by atomic mass is 16.5. The maximum absolute atomic E-state index is 11.2. The standard InChI is InChI=1S/C11H15NO2/c1-8(2)7-14-11-4-5-12-6-10(11)9(3)13/h4-6,8H,7H2,1-3H3. The van der Waals surface area contributed by atoms with Gasteiger partial charge in [-0.2, -0.15) is 0 Å². The van der Waals surface area contributed by atoms with Crippen molar-refractivity contribution in [3.05, 3.63) is 24.0 Å². The number of rotatable bonds is 4. The summed E-state index contributed by atoms with van der Waals surface area (Å²) in [7, 11) is 0. The van der Waals surface area contributed by atoms with Gasteiger partial charge in [-0.3, -0.25) is 9.78 Å². The minimum atomic E-state index is -0.0168. The normalized spacial score (nSPS) is 10.3. The van der Waals surface area contributed by atoms with Crippen LogP contribution < -0.4 is 4.74 Å². The van der Waals surface area contributed by atoms with E-state index in [1.54, 1.807) is 12.3 Å². The Kier molecular flexibility index (Phi) is 3.63. The van der Waals surface area contributed by atoms with E-state index in [9.17, 15) is 4.79 Å². The van der Waals surface area contributed by atoms with Crippen LogP contribution in [0.3, 0.4) is 0 Å².